The van der Waals surface area contributed by atoms with Crippen LogP contribution < -0.4 is 0 Å². The molecule has 2 aromatic heterocycles. The fourth-order valence-electron chi connectivity index (χ4n) is 1.33. The molecule has 0 radical (unpaired) electrons. The van der Waals surface area contributed by atoms with E-state index in [0.29, 0.717) is 0 Å². The lowest BCUT2D eigenvalue weighted by molar-refractivity contribution is 0.810. The lowest BCUT2D eigenvalue weighted by Crippen LogP contribution is -1.88. The van der Waals surface area contributed by atoms with E-state index in [2.05, 4.69) is 22.3 Å². The van der Waals surface area contributed by atoms with Crippen LogP contribution in [0.4, 0.5) is 0 Å². The van der Waals surface area contributed by atoms with Crippen molar-refractivity contribution < 1.29 is 0 Å². The molecule has 0 spiro atoms. The predicted molar refractivity (Wildman–Crippen MR) is 61.0 cm³/mol. The van der Waals surface area contributed by atoms with E-state index in [4.69, 9.17) is 0 Å². The Morgan fingerprint density at radius 3 is 2.86 bits per heavy atom. The van der Waals surface area contributed by atoms with Crippen LogP contribution >= 0.6 is 22.7 Å². The Morgan fingerprint density at radius 2 is 2.21 bits per heavy atom. The molecule has 4 heteroatoms. The van der Waals surface area contributed by atoms with E-state index in [1.54, 1.807) is 22.7 Å². The molecule has 2 aromatic rings. The molecule has 2 nitrogen and oxygen atoms in total. The molecular weight excluding hydrogens is 212 g/mol. The fourth-order valence-corrected chi connectivity index (χ4v) is 2.62. The normalized spacial score (nSPS) is 10.6. The van der Waals surface area contributed by atoms with Crippen LogP contribution in [0.2, 0.25) is 0 Å². The van der Waals surface area contributed by atoms with Crippen molar-refractivity contribution in [3.8, 4) is 0 Å². The van der Waals surface area contributed by atoms with Gasteiger partial charge in [-0.15, -0.1) is 22.7 Å². The molecule has 0 bridgehead atoms. The highest BCUT2D eigenvalue weighted by Gasteiger charge is 1.99. The number of thiazole rings is 2. The van der Waals surface area contributed by atoms with Crippen molar-refractivity contribution >= 4 is 22.7 Å². The smallest absolute Gasteiger partial charge is 0.0897 e. The molecule has 0 aliphatic heterocycles. The van der Waals surface area contributed by atoms with E-state index in [0.717, 1.165) is 17.8 Å². The molecule has 0 amide bonds. The Morgan fingerprint density at radius 1 is 1.29 bits per heavy atom. The van der Waals surface area contributed by atoms with Crippen LogP contribution in [0.25, 0.3) is 0 Å². The summed E-state index contributed by atoms with van der Waals surface area (Å²) in [4.78, 5) is 9.86. The number of aryl methyl sites for hydroxylation is 3. The van der Waals surface area contributed by atoms with Gasteiger partial charge >= 0.3 is 0 Å². The molecule has 0 saturated heterocycles. The van der Waals surface area contributed by atoms with Crippen LogP contribution in [-0.2, 0) is 12.8 Å². The van der Waals surface area contributed by atoms with E-state index in [-0.39, 0.29) is 0 Å². The summed E-state index contributed by atoms with van der Waals surface area (Å²) in [6.07, 6.45) is 5.34. The van der Waals surface area contributed by atoms with Crippen molar-refractivity contribution in [1.82, 2.24) is 9.97 Å². The second-order valence-corrected chi connectivity index (χ2v) is 5.21. The van der Waals surface area contributed by atoms with Crippen molar-refractivity contribution in [2.24, 2.45) is 0 Å². The predicted octanol–water partition coefficient (Wildman–Crippen LogP) is 3.08. The quantitative estimate of drug-likeness (QED) is 0.797. The minimum Gasteiger partial charge on any atom is -0.253 e. The first kappa shape index (κ1) is 9.80. The molecule has 2 heterocycles. The van der Waals surface area contributed by atoms with Crippen LogP contribution in [0.15, 0.2) is 17.1 Å². The van der Waals surface area contributed by atoms with Gasteiger partial charge in [-0.25, -0.2) is 4.98 Å². The molecular formula is C10H12N2S2. The zero-order valence-electron chi connectivity index (χ0n) is 8.06. The second kappa shape index (κ2) is 4.66. The van der Waals surface area contributed by atoms with Gasteiger partial charge in [-0.3, -0.25) is 4.98 Å². The van der Waals surface area contributed by atoms with Gasteiger partial charge < -0.3 is 0 Å². The highest BCUT2D eigenvalue weighted by Crippen LogP contribution is 2.13. The van der Waals surface area contributed by atoms with E-state index in [1.807, 2.05) is 11.7 Å². The molecule has 0 N–H and O–H groups in total. The average Bonchev–Trinajstić information content (AvgIpc) is 2.77. The lowest BCUT2D eigenvalue weighted by atomic mass is 10.2. The van der Waals surface area contributed by atoms with E-state index in [9.17, 15) is 0 Å². The van der Waals surface area contributed by atoms with Crippen molar-refractivity contribution in [3.05, 3.63) is 32.7 Å². The van der Waals surface area contributed by atoms with Gasteiger partial charge in [-0.1, -0.05) is 0 Å². The minimum atomic E-state index is 1.09. The first-order chi connectivity index (χ1) is 6.84. The topological polar surface area (TPSA) is 25.8 Å². The SMILES string of the molecule is Cc1nc(CCCc2cncs2)cs1. The average molecular weight is 224 g/mol. The molecule has 2 rings (SSSR count). The zero-order chi connectivity index (χ0) is 9.80. The molecule has 0 aliphatic rings. The van der Waals surface area contributed by atoms with Gasteiger partial charge in [0.05, 0.1) is 16.2 Å². The monoisotopic (exact) mass is 224 g/mol. The molecule has 14 heavy (non-hydrogen) atoms. The fraction of sp³-hybridized carbons (Fsp3) is 0.400. The summed E-state index contributed by atoms with van der Waals surface area (Å²) in [6.45, 7) is 2.05. The Kier molecular flexibility index (Phi) is 3.26. The van der Waals surface area contributed by atoms with Gasteiger partial charge in [0, 0.05) is 16.5 Å². The van der Waals surface area contributed by atoms with Gasteiger partial charge in [-0.2, -0.15) is 0 Å². The molecule has 74 valence electrons. The Hall–Kier alpha value is -0.740. The summed E-state index contributed by atoms with van der Waals surface area (Å²) in [5, 5.41) is 3.32. The van der Waals surface area contributed by atoms with Crippen molar-refractivity contribution in [2.45, 2.75) is 26.2 Å². The maximum atomic E-state index is 4.44. The van der Waals surface area contributed by atoms with Crippen LogP contribution in [-0.4, -0.2) is 9.97 Å². The van der Waals surface area contributed by atoms with Gasteiger partial charge in [-0.05, 0) is 26.2 Å². The molecule has 0 aromatic carbocycles. The molecule has 0 saturated carbocycles. The summed E-state index contributed by atoms with van der Waals surface area (Å²) >= 11 is 3.47. The second-order valence-electron chi connectivity index (χ2n) is 3.18. The summed E-state index contributed by atoms with van der Waals surface area (Å²) in [6, 6.07) is 0. The van der Waals surface area contributed by atoms with Crippen LogP contribution in [0.1, 0.15) is 22.0 Å². The maximum absolute atomic E-state index is 4.44. The summed E-state index contributed by atoms with van der Waals surface area (Å²) in [5.74, 6) is 0. The lowest BCUT2D eigenvalue weighted by Gasteiger charge is -1.94. The van der Waals surface area contributed by atoms with Crippen LogP contribution in [0.5, 0.6) is 0 Å². The van der Waals surface area contributed by atoms with Crippen LogP contribution in [0, 0.1) is 6.92 Å². The summed E-state index contributed by atoms with van der Waals surface area (Å²) in [5.41, 5.74) is 3.12. The van der Waals surface area contributed by atoms with E-state index < -0.39 is 0 Å². The molecule has 0 aliphatic carbocycles. The van der Waals surface area contributed by atoms with Gasteiger partial charge in [0.2, 0.25) is 0 Å². The number of nitrogens with zero attached hydrogens (tertiary/aromatic N) is 2. The summed E-state index contributed by atoms with van der Waals surface area (Å²) < 4.78 is 0. The number of hydrogen-bond acceptors (Lipinski definition) is 4. The van der Waals surface area contributed by atoms with Crippen LogP contribution in [0.3, 0.4) is 0 Å². The third-order valence-electron chi connectivity index (χ3n) is 2.01. The van der Waals surface area contributed by atoms with E-state index >= 15 is 0 Å². The first-order valence-corrected chi connectivity index (χ1v) is 6.39. The van der Waals surface area contributed by atoms with Gasteiger partial charge in [0.15, 0.2) is 0 Å². The molecule has 0 atom stereocenters. The van der Waals surface area contributed by atoms with Gasteiger partial charge in [0.1, 0.15) is 0 Å². The van der Waals surface area contributed by atoms with Crippen molar-refractivity contribution in [1.29, 1.82) is 0 Å². The number of rotatable bonds is 4. The maximum Gasteiger partial charge on any atom is 0.0897 e. The minimum absolute atomic E-state index is 1.09. The first-order valence-electron chi connectivity index (χ1n) is 4.63. The van der Waals surface area contributed by atoms with E-state index in [1.165, 1.54) is 17.0 Å². The summed E-state index contributed by atoms with van der Waals surface area (Å²) in [7, 11) is 0. The van der Waals surface area contributed by atoms with Crippen molar-refractivity contribution in [3.63, 3.8) is 0 Å². The Labute approximate surface area is 91.7 Å². The standard InChI is InChI=1S/C10H12N2S2/c1-8-12-9(6-13-8)3-2-4-10-5-11-7-14-10/h5-7H,2-4H2,1H3. The number of aromatic nitrogens is 2. The number of hydrogen-bond donors (Lipinski definition) is 0. The van der Waals surface area contributed by atoms with Crippen molar-refractivity contribution in [2.75, 3.05) is 0 Å². The largest absolute Gasteiger partial charge is 0.253 e. The Balaban J connectivity index is 1.78. The van der Waals surface area contributed by atoms with Gasteiger partial charge in [0.25, 0.3) is 0 Å². The zero-order valence-corrected chi connectivity index (χ0v) is 9.70. The third kappa shape index (κ3) is 2.62. The highest BCUT2D eigenvalue weighted by atomic mass is 32.1. The highest BCUT2D eigenvalue weighted by molar-refractivity contribution is 7.09. The third-order valence-corrected chi connectivity index (χ3v) is 3.67. The Bertz CT molecular complexity index is 378. The molecule has 0 unspecified atom stereocenters. The molecule has 0 fully saturated rings.